The molecule has 0 bridgehead atoms. The molecule has 2 aromatic heterocycles. The van der Waals surface area contributed by atoms with Crippen molar-refractivity contribution in [2.45, 2.75) is 46.1 Å². The number of aryl methyl sites for hydroxylation is 2. The summed E-state index contributed by atoms with van der Waals surface area (Å²) in [6.45, 7) is 12.0. The molecule has 0 aliphatic carbocycles. The van der Waals surface area contributed by atoms with Gasteiger partial charge in [0.2, 0.25) is 0 Å². The first-order chi connectivity index (χ1) is 16.9. The second kappa shape index (κ2) is 11.7. The number of hydrogen-bond donors (Lipinski definition) is 2. The van der Waals surface area contributed by atoms with Crippen molar-refractivity contribution in [1.29, 1.82) is 0 Å². The lowest BCUT2D eigenvalue weighted by Crippen LogP contribution is -2.43. The number of benzene rings is 1. The van der Waals surface area contributed by atoms with Crippen LogP contribution < -0.4 is 10.6 Å². The number of nitrogens with one attached hydrogen (secondary N) is 2. The molecule has 8 heteroatoms. The van der Waals surface area contributed by atoms with Gasteiger partial charge in [-0.3, -0.25) is 4.79 Å². The minimum absolute atomic E-state index is 0.147. The van der Waals surface area contributed by atoms with E-state index in [0.717, 1.165) is 62.3 Å². The molecule has 4 rings (SSSR count). The van der Waals surface area contributed by atoms with Gasteiger partial charge in [0.25, 0.3) is 0 Å². The van der Waals surface area contributed by atoms with E-state index in [4.69, 9.17) is 4.74 Å². The van der Waals surface area contributed by atoms with Crippen LogP contribution in [-0.2, 0) is 18.2 Å². The second-order valence-corrected chi connectivity index (χ2v) is 9.62. The lowest BCUT2D eigenvalue weighted by molar-refractivity contribution is 0.0814. The Kier molecular flexibility index (Phi) is 8.49. The van der Waals surface area contributed by atoms with E-state index in [2.05, 4.69) is 50.6 Å². The lowest BCUT2D eigenvalue weighted by Gasteiger charge is -2.26. The van der Waals surface area contributed by atoms with Crippen molar-refractivity contribution in [3.05, 3.63) is 47.4 Å². The fourth-order valence-electron chi connectivity index (χ4n) is 4.64. The fraction of sp³-hybridized carbons (Fsp3) is 0.519. The first-order valence-corrected chi connectivity index (χ1v) is 12.7. The average molecular weight is 479 g/mol. The number of anilines is 2. The van der Waals surface area contributed by atoms with E-state index < -0.39 is 0 Å². The first-order valence-electron chi connectivity index (χ1n) is 12.7. The second-order valence-electron chi connectivity index (χ2n) is 9.62. The van der Waals surface area contributed by atoms with Crippen molar-refractivity contribution >= 4 is 28.3 Å². The number of hydrogen-bond acceptors (Lipinski definition) is 7. The third-order valence-electron chi connectivity index (χ3n) is 6.53. The molecule has 0 atom stereocenters. The minimum atomic E-state index is 0.147. The maximum atomic E-state index is 13.1. The molecule has 0 saturated carbocycles. The molecule has 2 N–H and O–H groups in total. The Bertz CT molecular complexity index is 1150. The Morgan fingerprint density at radius 3 is 2.77 bits per heavy atom. The van der Waals surface area contributed by atoms with Crippen LogP contribution in [0, 0.1) is 6.92 Å². The fourth-order valence-corrected chi connectivity index (χ4v) is 4.64. The number of rotatable bonds is 11. The highest BCUT2D eigenvalue weighted by Gasteiger charge is 2.18. The maximum absolute atomic E-state index is 13.1. The van der Waals surface area contributed by atoms with Gasteiger partial charge in [-0.2, -0.15) is 0 Å². The normalized spacial score (nSPS) is 14.7. The molecule has 0 spiro atoms. The van der Waals surface area contributed by atoms with Gasteiger partial charge in [-0.15, -0.1) is 0 Å². The van der Waals surface area contributed by atoms with Crippen LogP contribution in [-0.4, -0.2) is 70.7 Å². The number of aromatic nitrogens is 3. The Labute approximate surface area is 208 Å². The molecule has 1 saturated heterocycles. The maximum Gasteiger partial charge on any atom is 0.179 e. The third kappa shape index (κ3) is 6.45. The van der Waals surface area contributed by atoms with Gasteiger partial charge in [-0.1, -0.05) is 17.7 Å². The average Bonchev–Trinajstić information content (AvgIpc) is 3.18. The Balaban J connectivity index is 1.50. The van der Waals surface area contributed by atoms with Crippen LogP contribution in [0.1, 0.15) is 48.3 Å². The summed E-state index contributed by atoms with van der Waals surface area (Å²) < 4.78 is 7.71. The summed E-state index contributed by atoms with van der Waals surface area (Å²) in [7, 11) is 1.92. The molecule has 0 amide bonds. The highest BCUT2D eigenvalue weighted by atomic mass is 16.5. The van der Waals surface area contributed by atoms with Crippen LogP contribution in [0.15, 0.2) is 30.6 Å². The third-order valence-corrected chi connectivity index (χ3v) is 6.53. The van der Waals surface area contributed by atoms with E-state index >= 15 is 0 Å². The Morgan fingerprint density at radius 2 is 2.00 bits per heavy atom. The van der Waals surface area contributed by atoms with Crippen LogP contribution in [0.25, 0.3) is 11.0 Å². The molecule has 35 heavy (non-hydrogen) atoms. The highest BCUT2D eigenvalue weighted by Crippen LogP contribution is 2.28. The molecule has 1 aromatic carbocycles. The topological polar surface area (TPSA) is 84.3 Å². The molecule has 1 aliphatic rings. The molecular formula is C27H38N6O2. The summed E-state index contributed by atoms with van der Waals surface area (Å²) in [5.41, 5.74) is 5.66. The predicted molar refractivity (Wildman–Crippen MR) is 141 cm³/mol. The van der Waals surface area contributed by atoms with E-state index in [9.17, 15) is 4.79 Å². The van der Waals surface area contributed by atoms with Gasteiger partial charge >= 0.3 is 0 Å². The van der Waals surface area contributed by atoms with Gasteiger partial charge in [0.1, 0.15) is 11.8 Å². The van der Waals surface area contributed by atoms with Crippen LogP contribution in [0.4, 0.5) is 11.5 Å². The van der Waals surface area contributed by atoms with Gasteiger partial charge in [0.15, 0.2) is 11.6 Å². The van der Waals surface area contributed by atoms with Gasteiger partial charge < -0.3 is 24.8 Å². The van der Waals surface area contributed by atoms with Gasteiger partial charge in [-0.05, 0) is 57.9 Å². The molecular weight excluding hydrogens is 440 g/mol. The quantitative estimate of drug-likeness (QED) is 0.405. The zero-order valence-electron chi connectivity index (χ0n) is 21.4. The predicted octanol–water partition coefficient (Wildman–Crippen LogP) is 3.86. The summed E-state index contributed by atoms with van der Waals surface area (Å²) >= 11 is 0. The standard InChI is InChI=1S/C27H38N6O2/c1-19(2)35-15-9-21-16-20(3)7-8-22(21)31-27-26-23(29-18-30-27)17-24(32(26)4)25(34)6-5-12-33-13-10-28-11-14-33/h7-8,16-19,28H,5-6,9-15H2,1-4H3,(H,29,30,31). The first kappa shape index (κ1) is 25.3. The van der Waals surface area contributed by atoms with Crippen molar-refractivity contribution in [3.63, 3.8) is 0 Å². The zero-order chi connectivity index (χ0) is 24.8. The summed E-state index contributed by atoms with van der Waals surface area (Å²) in [5.74, 6) is 0.848. The summed E-state index contributed by atoms with van der Waals surface area (Å²) in [5, 5.41) is 6.88. The Hall–Kier alpha value is -2.81. The van der Waals surface area contributed by atoms with Crippen molar-refractivity contribution in [3.8, 4) is 0 Å². The SMILES string of the molecule is Cc1ccc(Nc2ncnc3cc(C(=O)CCCN4CCNCC4)n(C)c23)c(CCOC(C)C)c1. The van der Waals surface area contributed by atoms with Gasteiger partial charge in [0.05, 0.1) is 23.9 Å². The number of Topliss-reactive ketones (excluding diaryl/α,β-unsaturated/α-hetero) is 1. The van der Waals surface area contributed by atoms with Crippen molar-refractivity contribution in [1.82, 2.24) is 24.8 Å². The Morgan fingerprint density at radius 1 is 1.20 bits per heavy atom. The number of carbonyl (C=O) groups is 1. The van der Waals surface area contributed by atoms with E-state index in [1.807, 2.05) is 31.5 Å². The van der Waals surface area contributed by atoms with Crippen molar-refractivity contribution in [2.75, 3.05) is 44.6 Å². The van der Waals surface area contributed by atoms with Crippen molar-refractivity contribution < 1.29 is 9.53 Å². The van der Waals surface area contributed by atoms with Crippen LogP contribution in [0.2, 0.25) is 0 Å². The van der Waals surface area contributed by atoms with Gasteiger partial charge in [-0.25, -0.2) is 9.97 Å². The van der Waals surface area contributed by atoms with E-state index in [-0.39, 0.29) is 11.9 Å². The number of nitrogens with zero attached hydrogens (tertiary/aromatic N) is 4. The molecule has 1 fully saturated rings. The van der Waals surface area contributed by atoms with E-state index in [1.54, 1.807) is 6.33 Å². The molecule has 3 aromatic rings. The molecule has 3 heterocycles. The smallest absolute Gasteiger partial charge is 0.179 e. The molecule has 8 nitrogen and oxygen atoms in total. The number of ether oxygens (including phenoxy) is 1. The number of carbonyl (C=O) groups excluding carboxylic acids is 1. The zero-order valence-corrected chi connectivity index (χ0v) is 21.4. The summed E-state index contributed by atoms with van der Waals surface area (Å²) in [4.78, 5) is 24.5. The summed E-state index contributed by atoms with van der Waals surface area (Å²) in [6.07, 6.45) is 3.96. The largest absolute Gasteiger partial charge is 0.378 e. The van der Waals surface area contributed by atoms with E-state index in [1.165, 1.54) is 11.1 Å². The van der Waals surface area contributed by atoms with Crippen molar-refractivity contribution in [2.24, 2.45) is 7.05 Å². The summed E-state index contributed by atoms with van der Waals surface area (Å²) in [6, 6.07) is 8.25. The monoisotopic (exact) mass is 478 g/mol. The molecule has 0 radical (unpaired) electrons. The van der Waals surface area contributed by atoms with E-state index in [0.29, 0.717) is 24.5 Å². The highest BCUT2D eigenvalue weighted by molar-refractivity contribution is 6.01. The van der Waals surface area contributed by atoms with Crippen LogP contribution >= 0.6 is 0 Å². The molecule has 0 unspecified atom stereocenters. The number of fused-ring (bicyclic) bond motifs is 1. The number of piperazine rings is 1. The molecule has 1 aliphatic heterocycles. The lowest BCUT2D eigenvalue weighted by atomic mass is 10.1. The number of ketones is 1. The van der Waals surface area contributed by atoms with Crippen LogP contribution in [0.5, 0.6) is 0 Å². The molecule has 188 valence electrons. The minimum Gasteiger partial charge on any atom is -0.378 e. The van der Waals surface area contributed by atoms with Crippen LogP contribution in [0.3, 0.4) is 0 Å². The van der Waals surface area contributed by atoms with Gasteiger partial charge in [0, 0.05) is 45.3 Å².